The number of sulfonamides is 1. The van der Waals surface area contributed by atoms with Crippen LogP contribution in [0.1, 0.15) is 13.8 Å². The lowest BCUT2D eigenvalue weighted by atomic mass is 10.1. The monoisotopic (exact) mass is 301 g/mol. The number of benzene rings is 1. The van der Waals surface area contributed by atoms with E-state index in [1.165, 1.54) is 26.0 Å². The number of fused-ring (bicyclic) bond motifs is 1. The number of nitrogens with one attached hydrogen (secondary N) is 1. The lowest BCUT2D eigenvalue weighted by Gasteiger charge is -2.20. The normalized spacial score (nSPS) is 12.7. The van der Waals surface area contributed by atoms with Gasteiger partial charge in [0.2, 0.25) is 10.0 Å². The van der Waals surface area contributed by atoms with Crippen LogP contribution < -0.4 is 4.72 Å². The Hall–Kier alpha value is -1.58. The van der Waals surface area contributed by atoms with Crippen molar-refractivity contribution in [2.24, 2.45) is 0 Å². The standard InChI is InChI=1S/C10H11N3O4S2/c1-10(2,9(14)15)13-19(16,17)7-5-3-4-6-8(7)12-18-11-6/h3-5,13H,1-2H3,(H,14,15). The summed E-state index contributed by atoms with van der Waals surface area (Å²) in [6.07, 6.45) is 0. The minimum Gasteiger partial charge on any atom is -0.480 e. The van der Waals surface area contributed by atoms with Gasteiger partial charge in [0.05, 0.1) is 11.7 Å². The Kier molecular flexibility index (Phi) is 3.29. The number of rotatable bonds is 4. The van der Waals surface area contributed by atoms with Crippen LogP contribution in [0.3, 0.4) is 0 Å². The summed E-state index contributed by atoms with van der Waals surface area (Å²) in [5, 5.41) is 8.97. The summed E-state index contributed by atoms with van der Waals surface area (Å²) in [7, 11) is -3.99. The van der Waals surface area contributed by atoms with E-state index in [1.807, 2.05) is 0 Å². The Morgan fingerprint density at radius 3 is 2.68 bits per heavy atom. The zero-order chi connectivity index (χ0) is 14.3. The maximum absolute atomic E-state index is 12.2. The van der Waals surface area contributed by atoms with Crippen LogP contribution >= 0.6 is 11.7 Å². The Bertz CT molecular complexity index is 736. The predicted octanol–water partition coefficient (Wildman–Crippen LogP) is 0.833. The van der Waals surface area contributed by atoms with Crippen molar-refractivity contribution in [2.75, 3.05) is 0 Å². The van der Waals surface area contributed by atoms with Crippen molar-refractivity contribution in [1.29, 1.82) is 0 Å². The topological polar surface area (TPSA) is 109 Å². The number of hydrogen-bond acceptors (Lipinski definition) is 6. The Morgan fingerprint density at radius 1 is 1.37 bits per heavy atom. The molecule has 0 bridgehead atoms. The molecule has 1 heterocycles. The fraction of sp³-hybridized carbons (Fsp3) is 0.300. The maximum Gasteiger partial charge on any atom is 0.324 e. The van der Waals surface area contributed by atoms with E-state index in [2.05, 4.69) is 13.5 Å². The minimum absolute atomic E-state index is 0.0759. The molecule has 9 heteroatoms. The first-order chi connectivity index (χ1) is 8.74. The second kappa shape index (κ2) is 4.51. The summed E-state index contributed by atoms with van der Waals surface area (Å²) in [4.78, 5) is 10.9. The van der Waals surface area contributed by atoms with E-state index in [-0.39, 0.29) is 10.4 Å². The van der Waals surface area contributed by atoms with Crippen LogP contribution in [-0.2, 0) is 14.8 Å². The van der Waals surface area contributed by atoms with Gasteiger partial charge in [-0.05, 0) is 26.0 Å². The molecule has 0 unspecified atom stereocenters. The van der Waals surface area contributed by atoms with Crippen LogP contribution in [0.2, 0.25) is 0 Å². The number of carboxylic acids is 1. The molecule has 0 fully saturated rings. The third-order valence-corrected chi connectivity index (χ3v) is 4.69. The van der Waals surface area contributed by atoms with Gasteiger partial charge in [-0.1, -0.05) is 6.07 Å². The quantitative estimate of drug-likeness (QED) is 0.865. The summed E-state index contributed by atoms with van der Waals surface area (Å²) in [6.45, 7) is 2.54. The molecule has 2 rings (SSSR count). The van der Waals surface area contributed by atoms with Crippen LogP contribution in [-0.4, -0.2) is 33.8 Å². The van der Waals surface area contributed by atoms with E-state index in [1.54, 1.807) is 6.07 Å². The second-order valence-electron chi connectivity index (χ2n) is 4.42. The lowest BCUT2D eigenvalue weighted by Crippen LogP contribution is -2.49. The first kappa shape index (κ1) is 13.8. The molecule has 102 valence electrons. The molecule has 0 atom stereocenters. The first-order valence-electron chi connectivity index (χ1n) is 5.23. The van der Waals surface area contributed by atoms with Gasteiger partial charge in [-0.3, -0.25) is 4.79 Å². The average molecular weight is 301 g/mol. The number of carbonyl (C=O) groups is 1. The molecular weight excluding hydrogens is 290 g/mol. The predicted molar refractivity (Wildman–Crippen MR) is 69.5 cm³/mol. The van der Waals surface area contributed by atoms with Gasteiger partial charge < -0.3 is 5.11 Å². The van der Waals surface area contributed by atoms with Crippen LogP contribution in [0, 0.1) is 0 Å². The summed E-state index contributed by atoms with van der Waals surface area (Å²) in [6, 6.07) is 4.54. The van der Waals surface area contributed by atoms with E-state index in [4.69, 9.17) is 5.11 Å². The van der Waals surface area contributed by atoms with Crippen molar-refractivity contribution in [2.45, 2.75) is 24.3 Å². The lowest BCUT2D eigenvalue weighted by molar-refractivity contribution is -0.142. The molecular formula is C10H11N3O4S2. The van der Waals surface area contributed by atoms with E-state index in [0.29, 0.717) is 5.52 Å². The van der Waals surface area contributed by atoms with Crippen molar-refractivity contribution in [3.8, 4) is 0 Å². The van der Waals surface area contributed by atoms with Gasteiger partial charge in [-0.25, -0.2) is 8.42 Å². The van der Waals surface area contributed by atoms with Gasteiger partial charge in [0.15, 0.2) is 0 Å². The number of hydrogen-bond donors (Lipinski definition) is 2. The summed E-state index contributed by atoms with van der Waals surface area (Å²) < 4.78 is 34.5. The zero-order valence-corrected chi connectivity index (χ0v) is 11.7. The molecule has 1 aromatic heterocycles. The van der Waals surface area contributed by atoms with Crippen molar-refractivity contribution in [3.05, 3.63) is 18.2 Å². The molecule has 0 radical (unpaired) electrons. The molecule has 0 saturated heterocycles. The summed E-state index contributed by atoms with van der Waals surface area (Å²) in [5.74, 6) is -1.26. The highest BCUT2D eigenvalue weighted by atomic mass is 32.2. The fourth-order valence-corrected chi connectivity index (χ4v) is 3.57. The highest BCUT2D eigenvalue weighted by molar-refractivity contribution is 7.89. The zero-order valence-electron chi connectivity index (χ0n) is 10.1. The van der Waals surface area contributed by atoms with Crippen molar-refractivity contribution < 1.29 is 18.3 Å². The van der Waals surface area contributed by atoms with E-state index >= 15 is 0 Å². The van der Waals surface area contributed by atoms with Gasteiger partial charge in [-0.15, -0.1) is 0 Å². The first-order valence-corrected chi connectivity index (χ1v) is 7.44. The molecule has 19 heavy (non-hydrogen) atoms. The Balaban J connectivity index is 2.51. The number of nitrogens with zero attached hydrogens (tertiary/aromatic N) is 2. The van der Waals surface area contributed by atoms with Crippen LogP contribution in [0.25, 0.3) is 11.0 Å². The van der Waals surface area contributed by atoms with E-state index in [9.17, 15) is 13.2 Å². The van der Waals surface area contributed by atoms with Gasteiger partial charge in [0, 0.05) is 0 Å². The van der Waals surface area contributed by atoms with E-state index < -0.39 is 21.5 Å². The fourth-order valence-electron chi connectivity index (χ4n) is 1.43. The smallest absolute Gasteiger partial charge is 0.324 e. The van der Waals surface area contributed by atoms with Crippen molar-refractivity contribution in [1.82, 2.24) is 13.5 Å². The molecule has 0 saturated carbocycles. The molecule has 0 aliphatic heterocycles. The van der Waals surface area contributed by atoms with Gasteiger partial charge >= 0.3 is 5.97 Å². The average Bonchev–Trinajstić information content (AvgIpc) is 2.74. The molecule has 0 spiro atoms. The number of aliphatic carboxylic acids is 1. The molecule has 2 aromatic rings. The third-order valence-electron chi connectivity index (χ3n) is 2.46. The van der Waals surface area contributed by atoms with Crippen molar-refractivity contribution >= 4 is 38.8 Å². The van der Waals surface area contributed by atoms with Gasteiger partial charge in [-0.2, -0.15) is 13.5 Å². The maximum atomic E-state index is 12.2. The van der Waals surface area contributed by atoms with Gasteiger partial charge in [0.1, 0.15) is 21.5 Å². The summed E-state index contributed by atoms with van der Waals surface area (Å²) in [5.41, 5.74) is -0.910. The molecule has 0 aliphatic rings. The second-order valence-corrected chi connectivity index (χ2v) is 6.60. The third kappa shape index (κ3) is 2.57. The van der Waals surface area contributed by atoms with E-state index in [0.717, 1.165) is 11.7 Å². The molecule has 7 nitrogen and oxygen atoms in total. The molecule has 2 N–H and O–H groups in total. The SMILES string of the molecule is CC(C)(NS(=O)(=O)c1cccc2nsnc12)C(=O)O. The highest BCUT2D eigenvalue weighted by Gasteiger charge is 2.34. The van der Waals surface area contributed by atoms with Crippen LogP contribution in [0.5, 0.6) is 0 Å². The van der Waals surface area contributed by atoms with Gasteiger partial charge in [0.25, 0.3) is 0 Å². The number of aromatic nitrogens is 2. The molecule has 0 aliphatic carbocycles. The Labute approximate surface area is 113 Å². The number of carboxylic acid groups (broad SMARTS) is 1. The van der Waals surface area contributed by atoms with Crippen molar-refractivity contribution in [3.63, 3.8) is 0 Å². The van der Waals surface area contributed by atoms with Crippen LogP contribution in [0.4, 0.5) is 0 Å². The Morgan fingerprint density at radius 2 is 2.05 bits per heavy atom. The van der Waals surface area contributed by atoms with Crippen LogP contribution in [0.15, 0.2) is 23.1 Å². The summed E-state index contributed by atoms with van der Waals surface area (Å²) >= 11 is 0.899. The molecule has 1 aromatic carbocycles. The minimum atomic E-state index is -3.99. The largest absolute Gasteiger partial charge is 0.480 e. The molecule has 0 amide bonds. The highest BCUT2D eigenvalue weighted by Crippen LogP contribution is 2.22.